The Balaban J connectivity index is 1.56. The molecule has 1 saturated carbocycles. The maximum atomic E-state index is 11.9. The van der Waals surface area contributed by atoms with E-state index >= 15 is 0 Å². The molecule has 0 bridgehead atoms. The zero-order chi connectivity index (χ0) is 30.5. The lowest BCUT2D eigenvalue weighted by atomic mass is 9.79. The minimum atomic E-state index is -0.264. The van der Waals surface area contributed by atoms with Crippen molar-refractivity contribution in [1.29, 1.82) is 0 Å². The zero-order valence-electron chi connectivity index (χ0n) is 26.0. The van der Waals surface area contributed by atoms with Crippen molar-refractivity contribution in [2.45, 2.75) is 109 Å². The molecule has 1 aliphatic carbocycles. The van der Waals surface area contributed by atoms with Crippen molar-refractivity contribution in [2.75, 3.05) is 36.2 Å². The van der Waals surface area contributed by atoms with Crippen molar-refractivity contribution in [1.82, 2.24) is 0 Å². The smallest absolute Gasteiger partial charge is 0.333 e. The van der Waals surface area contributed by atoms with Crippen LogP contribution in [0.5, 0.6) is 0 Å². The molecule has 42 heavy (non-hydrogen) atoms. The Kier molecular flexibility index (Phi) is 17.5. The van der Waals surface area contributed by atoms with Gasteiger partial charge in [0.1, 0.15) is 13.2 Å². The number of carbonyl (C=O) groups excluding carboxylic acids is 2. The van der Waals surface area contributed by atoms with Gasteiger partial charge in [-0.05, 0) is 75.7 Å². The standard InChI is InChI=1S/C32H52O4S6/c1-7-9-15-37-27(31-39-19-25(41-31)17-35-29(33)21(3)4)23-11-13-24(14-12-23)28(38-16-10-8-2)32-40-20-26(42-32)18-36-30(34)22(5)6/h23-28,31-32H,3,5,7-20H2,1-2,4,6H3. The number of thioether (sulfide) groups is 6. The Morgan fingerprint density at radius 1 is 0.738 bits per heavy atom. The summed E-state index contributed by atoms with van der Waals surface area (Å²) in [5.74, 6) is 5.63. The third-order valence-corrected chi connectivity index (χ3v) is 18.6. The number of carbonyl (C=O) groups is 2. The SMILES string of the molecule is C=C(C)C(=O)OCC1CSC(C(SCCCC)C2CCC(C(SCCCC)C3SCC(COC(=O)C(=C)C)S3)CC2)S1. The van der Waals surface area contributed by atoms with Crippen LogP contribution in [0.25, 0.3) is 0 Å². The summed E-state index contributed by atoms with van der Waals surface area (Å²) >= 11 is 12.7. The highest BCUT2D eigenvalue weighted by Gasteiger charge is 2.42. The molecular formula is C32H52O4S6. The molecular weight excluding hydrogens is 641 g/mol. The first-order valence-corrected chi connectivity index (χ1v) is 21.7. The average Bonchev–Trinajstić information content (AvgIpc) is 3.65. The highest BCUT2D eigenvalue weighted by Crippen LogP contribution is 2.52. The second kappa shape index (κ2) is 19.9. The molecule has 2 saturated heterocycles. The van der Waals surface area contributed by atoms with Crippen molar-refractivity contribution in [3.8, 4) is 0 Å². The van der Waals surface area contributed by atoms with Gasteiger partial charge < -0.3 is 9.47 Å². The fourth-order valence-corrected chi connectivity index (χ4v) is 16.9. The molecule has 0 aromatic heterocycles. The van der Waals surface area contributed by atoms with Gasteiger partial charge in [0, 0.05) is 43.7 Å². The molecule has 0 radical (unpaired) electrons. The first kappa shape index (κ1) is 37.0. The van der Waals surface area contributed by atoms with Gasteiger partial charge in [0.05, 0.1) is 9.16 Å². The van der Waals surface area contributed by atoms with Crippen LogP contribution >= 0.6 is 70.6 Å². The van der Waals surface area contributed by atoms with Crippen LogP contribution in [0.4, 0.5) is 0 Å². The summed E-state index contributed by atoms with van der Waals surface area (Å²) in [6, 6.07) is 0. The van der Waals surface area contributed by atoms with E-state index in [-0.39, 0.29) is 11.9 Å². The van der Waals surface area contributed by atoms with Crippen LogP contribution in [0.2, 0.25) is 0 Å². The topological polar surface area (TPSA) is 52.6 Å². The Morgan fingerprint density at radius 2 is 1.12 bits per heavy atom. The number of esters is 2. The van der Waals surface area contributed by atoms with E-state index in [1.54, 1.807) is 13.8 Å². The summed E-state index contributed by atoms with van der Waals surface area (Å²) in [6.07, 6.45) is 10.4. The van der Waals surface area contributed by atoms with Crippen LogP contribution in [0.3, 0.4) is 0 Å². The van der Waals surface area contributed by atoms with E-state index in [4.69, 9.17) is 9.47 Å². The molecule has 6 unspecified atom stereocenters. The molecule has 2 heterocycles. The first-order valence-electron chi connectivity index (χ1n) is 15.7. The van der Waals surface area contributed by atoms with E-state index in [1.807, 2.05) is 0 Å². The van der Waals surface area contributed by atoms with Crippen molar-refractivity contribution in [3.05, 3.63) is 24.3 Å². The third-order valence-electron chi connectivity index (χ3n) is 7.94. The predicted octanol–water partition coefficient (Wildman–Crippen LogP) is 9.18. The third kappa shape index (κ3) is 12.0. The van der Waals surface area contributed by atoms with E-state index in [1.165, 1.54) is 62.9 Å². The molecule has 3 fully saturated rings. The van der Waals surface area contributed by atoms with Crippen molar-refractivity contribution >= 4 is 82.5 Å². The summed E-state index contributed by atoms with van der Waals surface area (Å²) in [5.41, 5.74) is 0.962. The van der Waals surface area contributed by atoms with E-state index < -0.39 is 0 Å². The first-order chi connectivity index (χ1) is 20.2. The van der Waals surface area contributed by atoms with Crippen LogP contribution in [0.15, 0.2) is 24.3 Å². The lowest BCUT2D eigenvalue weighted by Gasteiger charge is -2.39. The summed E-state index contributed by atoms with van der Waals surface area (Å²) < 4.78 is 12.2. The summed E-state index contributed by atoms with van der Waals surface area (Å²) in [6.45, 7) is 16.5. The molecule has 3 aliphatic rings. The lowest BCUT2D eigenvalue weighted by molar-refractivity contribution is -0.139. The van der Waals surface area contributed by atoms with E-state index in [0.717, 1.165) is 23.3 Å². The van der Waals surface area contributed by atoms with Crippen LogP contribution in [-0.2, 0) is 19.1 Å². The summed E-state index contributed by atoms with van der Waals surface area (Å²) in [7, 11) is 0. The largest absolute Gasteiger partial charge is 0.461 e. The number of hydrogen-bond acceptors (Lipinski definition) is 10. The Hall–Kier alpha value is 0.520. The van der Waals surface area contributed by atoms with Gasteiger partial charge in [-0.1, -0.05) is 39.8 Å². The molecule has 4 nitrogen and oxygen atoms in total. The van der Waals surface area contributed by atoms with Crippen LogP contribution < -0.4 is 0 Å². The number of rotatable bonds is 18. The zero-order valence-corrected chi connectivity index (χ0v) is 30.9. The monoisotopic (exact) mass is 692 g/mol. The average molecular weight is 693 g/mol. The fraction of sp³-hybridized carbons (Fsp3) is 0.812. The molecule has 2 aliphatic heterocycles. The Bertz CT molecular complexity index is 807. The van der Waals surface area contributed by atoms with E-state index in [2.05, 4.69) is 97.6 Å². The lowest BCUT2D eigenvalue weighted by Crippen LogP contribution is -2.35. The minimum Gasteiger partial charge on any atom is -0.461 e. The molecule has 0 aromatic rings. The molecule has 10 heteroatoms. The fourth-order valence-electron chi connectivity index (χ4n) is 5.45. The number of hydrogen-bond donors (Lipinski definition) is 0. The Morgan fingerprint density at radius 3 is 1.45 bits per heavy atom. The van der Waals surface area contributed by atoms with Gasteiger partial charge in [-0.25, -0.2) is 9.59 Å². The normalized spacial score (nSPS) is 29.1. The quantitative estimate of drug-likeness (QED) is 0.0790. The van der Waals surface area contributed by atoms with Gasteiger partial charge >= 0.3 is 11.9 Å². The molecule has 0 amide bonds. The molecule has 0 aromatic carbocycles. The maximum absolute atomic E-state index is 11.9. The number of ether oxygens (including phenoxy) is 2. The van der Waals surface area contributed by atoms with Gasteiger partial charge in [0.2, 0.25) is 0 Å². The second-order valence-corrected chi connectivity index (χ2v) is 20.1. The van der Waals surface area contributed by atoms with Crippen molar-refractivity contribution in [3.63, 3.8) is 0 Å². The van der Waals surface area contributed by atoms with Crippen LogP contribution in [0.1, 0.15) is 79.1 Å². The van der Waals surface area contributed by atoms with Crippen molar-refractivity contribution < 1.29 is 19.1 Å². The van der Waals surface area contributed by atoms with E-state index in [0.29, 0.717) is 54.5 Å². The predicted molar refractivity (Wildman–Crippen MR) is 195 cm³/mol. The van der Waals surface area contributed by atoms with Crippen LogP contribution in [0, 0.1) is 11.8 Å². The van der Waals surface area contributed by atoms with Crippen LogP contribution in [-0.4, -0.2) is 78.3 Å². The molecule has 0 N–H and O–H groups in total. The van der Waals surface area contributed by atoms with Gasteiger partial charge in [-0.3, -0.25) is 0 Å². The summed E-state index contributed by atoms with van der Waals surface area (Å²) in [5, 5.41) is 2.10. The molecule has 3 rings (SSSR count). The second-order valence-electron chi connectivity index (χ2n) is 11.7. The van der Waals surface area contributed by atoms with Gasteiger partial charge in [0.15, 0.2) is 0 Å². The minimum absolute atomic E-state index is 0.264. The molecule has 6 atom stereocenters. The van der Waals surface area contributed by atoms with E-state index in [9.17, 15) is 9.59 Å². The number of unbranched alkanes of at least 4 members (excludes halogenated alkanes) is 2. The highest BCUT2D eigenvalue weighted by atomic mass is 32.2. The van der Waals surface area contributed by atoms with Gasteiger partial charge in [0.25, 0.3) is 0 Å². The molecule has 0 spiro atoms. The highest BCUT2D eigenvalue weighted by molar-refractivity contribution is 8.22. The summed E-state index contributed by atoms with van der Waals surface area (Å²) in [4.78, 5) is 23.9. The maximum Gasteiger partial charge on any atom is 0.333 e. The molecule has 240 valence electrons. The van der Waals surface area contributed by atoms with Crippen molar-refractivity contribution in [2.24, 2.45) is 11.8 Å². The Labute approximate surface area is 281 Å². The van der Waals surface area contributed by atoms with Gasteiger partial charge in [-0.2, -0.15) is 23.5 Å². The van der Waals surface area contributed by atoms with Gasteiger partial charge in [-0.15, -0.1) is 47.0 Å².